The Hall–Kier alpha value is -5.84. The van der Waals surface area contributed by atoms with E-state index in [4.69, 9.17) is 9.84 Å². The van der Waals surface area contributed by atoms with Crippen molar-refractivity contribution in [3.05, 3.63) is 120 Å². The van der Waals surface area contributed by atoms with Crippen LogP contribution in [0.15, 0.2) is 97.6 Å². The Kier molecular flexibility index (Phi) is 8.30. The predicted octanol–water partition coefficient (Wildman–Crippen LogP) is 7.92. The molecule has 46 heavy (non-hydrogen) atoms. The van der Waals surface area contributed by atoms with Gasteiger partial charge in [-0.3, -0.25) is 10.3 Å². The molecule has 0 fully saturated rings. The molecular weight excluding hydrogens is 583 g/mol. The van der Waals surface area contributed by atoms with Crippen molar-refractivity contribution < 1.29 is 13.9 Å². The van der Waals surface area contributed by atoms with Gasteiger partial charge in [-0.1, -0.05) is 45.0 Å². The van der Waals surface area contributed by atoms with Gasteiger partial charge < -0.3 is 15.4 Å². The van der Waals surface area contributed by atoms with E-state index in [1.807, 2.05) is 82.3 Å². The molecule has 0 saturated carbocycles. The Morgan fingerprint density at radius 1 is 0.891 bits per heavy atom. The fourth-order valence-electron chi connectivity index (χ4n) is 4.94. The molecule has 0 spiro atoms. The van der Waals surface area contributed by atoms with Gasteiger partial charge in [0.25, 0.3) is 0 Å². The van der Waals surface area contributed by atoms with Crippen LogP contribution in [0, 0.1) is 12.7 Å². The number of aryl methyl sites for hydroxylation is 1. The molecule has 3 heterocycles. The van der Waals surface area contributed by atoms with E-state index in [1.165, 1.54) is 12.1 Å². The van der Waals surface area contributed by atoms with E-state index in [-0.39, 0.29) is 11.2 Å². The third-order valence-electron chi connectivity index (χ3n) is 7.16. The zero-order chi connectivity index (χ0) is 32.3. The van der Waals surface area contributed by atoms with Crippen LogP contribution in [0.5, 0.6) is 5.75 Å². The highest BCUT2D eigenvalue weighted by Crippen LogP contribution is 2.33. The fourth-order valence-corrected chi connectivity index (χ4v) is 4.94. The smallest absolute Gasteiger partial charge is 0.324 e. The summed E-state index contributed by atoms with van der Waals surface area (Å²) in [4.78, 5) is 26.0. The summed E-state index contributed by atoms with van der Waals surface area (Å²) in [6, 6.07) is 21.1. The highest BCUT2D eigenvalue weighted by atomic mass is 19.1. The molecule has 0 bridgehead atoms. The Balaban J connectivity index is 1.20. The van der Waals surface area contributed by atoms with Crippen molar-refractivity contribution in [1.29, 1.82) is 0 Å². The zero-order valence-electron chi connectivity index (χ0n) is 25.9. The van der Waals surface area contributed by atoms with Crippen LogP contribution in [-0.2, 0) is 12.0 Å². The molecule has 0 unspecified atom stereocenters. The van der Waals surface area contributed by atoms with Gasteiger partial charge in [0.15, 0.2) is 0 Å². The van der Waals surface area contributed by atoms with Crippen molar-refractivity contribution in [3.8, 4) is 11.4 Å². The van der Waals surface area contributed by atoms with Gasteiger partial charge in [-0.2, -0.15) is 5.10 Å². The second kappa shape index (κ2) is 12.6. The van der Waals surface area contributed by atoms with Crippen molar-refractivity contribution in [2.45, 2.75) is 39.7 Å². The maximum atomic E-state index is 14.3. The Morgan fingerprint density at radius 3 is 2.46 bits per heavy atom. The fraction of sp³-hybridized carbons (Fsp3) is 0.171. The SMILES string of the molecule is Cc1cc(F)cc(-n2nc(C(C)(C)C)cc2NC(=O)Nc2ccc(OCc3ccnc(Nc4cnccn4)c3)c3ccccc23)c1. The molecule has 3 aromatic carbocycles. The molecule has 0 radical (unpaired) electrons. The molecule has 10 nitrogen and oxygen atoms in total. The maximum Gasteiger partial charge on any atom is 0.324 e. The Bertz CT molecular complexity index is 2000. The molecule has 0 saturated heterocycles. The van der Waals surface area contributed by atoms with Crippen molar-refractivity contribution in [2.24, 2.45) is 0 Å². The summed E-state index contributed by atoms with van der Waals surface area (Å²) in [6.45, 7) is 8.20. The normalized spacial score (nSPS) is 11.3. The predicted molar refractivity (Wildman–Crippen MR) is 177 cm³/mol. The summed E-state index contributed by atoms with van der Waals surface area (Å²) < 4.78 is 22.1. The number of anilines is 4. The first-order valence-electron chi connectivity index (χ1n) is 14.7. The summed E-state index contributed by atoms with van der Waals surface area (Å²) in [5.74, 6) is 1.92. The van der Waals surface area contributed by atoms with Crippen LogP contribution in [0.4, 0.5) is 32.3 Å². The molecule has 11 heteroatoms. The number of nitrogens with one attached hydrogen (secondary N) is 3. The molecular formula is C35H33FN8O2. The first-order chi connectivity index (χ1) is 22.1. The average Bonchev–Trinajstić information content (AvgIpc) is 3.45. The summed E-state index contributed by atoms with van der Waals surface area (Å²) in [6.07, 6.45) is 6.53. The molecule has 2 amide bonds. The number of carbonyl (C=O) groups excluding carboxylic acids is 1. The summed E-state index contributed by atoms with van der Waals surface area (Å²) in [5, 5.41) is 15.4. The molecule has 3 N–H and O–H groups in total. The largest absolute Gasteiger partial charge is 0.488 e. The van der Waals surface area contributed by atoms with Crippen LogP contribution < -0.4 is 20.7 Å². The topological polar surface area (TPSA) is 119 Å². The minimum Gasteiger partial charge on any atom is -0.488 e. The Labute approximate surface area is 265 Å². The number of halogens is 1. The van der Waals surface area contributed by atoms with Gasteiger partial charge >= 0.3 is 6.03 Å². The number of benzene rings is 3. The van der Waals surface area contributed by atoms with Gasteiger partial charge in [0, 0.05) is 40.8 Å². The standard InChI is InChI=1S/C35H33FN8O2/c1-22-15-24(36)18-25(16-22)44-33(19-30(43-44)35(2,3)4)42-34(45)40-28-9-10-29(27-8-6-5-7-26(27)28)46-21-23-11-12-38-31(17-23)41-32-20-37-13-14-39-32/h5-20H,21H2,1-4H3,(H,38,39,41)(H2,40,42,45). The van der Waals surface area contributed by atoms with Crippen molar-refractivity contribution in [3.63, 3.8) is 0 Å². The lowest BCUT2D eigenvalue weighted by Crippen LogP contribution is -2.21. The lowest BCUT2D eigenvalue weighted by Gasteiger charge is -2.15. The van der Waals surface area contributed by atoms with Gasteiger partial charge in [-0.25, -0.2) is 23.8 Å². The lowest BCUT2D eigenvalue weighted by atomic mass is 9.92. The third kappa shape index (κ3) is 6.94. The second-order valence-electron chi connectivity index (χ2n) is 11.9. The number of ether oxygens (including phenoxy) is 1. The summed E-state index contributed by atoms with van der Waals surface area (Å²) >= 11 is 0. The maximum absolute atomic E-state index is 14.3. The van der Waals surface area contributed by atoms with Crippen LogP contribution >= 0.6 is 0 Å². The monoisotopic (exact) mass is 616 g/mol. The number of hydrogen-bond acceptors (Lipinski definition) is 7. The first-order valence-corrected chi connectivity index (χ1v) is 14.7. The molecule has 0 aliphatic rings. The summed E-state index contributed by atoms with van der Waals surface area (Å²) in [5.41, 5.74) is 3.23. The van der Waals surface area contributed by atoms with Gasteiger partial charge in [-0.15, -0.1) is 0 Å². The first kappa shape index (κ1) is 30.2. The number of pyridine rings is 1. The zero-order valence-corrected chi connectivity index (χ0v) is 25.9. The van der Waals surface area contributed by atoms with Gasteiger partial charge in [0.2, 0.25) is 0 Å². The molecule has 0 atom stereocenters. The molecule has 6 rings (SSSR count). The van der Waals surface area contributed by atoms with Gasteiger partial charge in [0.1, 0.15) is 35.6 Å². The number of fused-ring (bicyclic) bond motifs is 1. The minimum atomic E-state index is -0.464. The quantitative estimate of drug-likeness (QED) is 0.159. The van der Waals surface area contributed by atoms with E-state index in [1.54, 1.807) is 35.5 Å². The van der Waals surface area contributed by atoms with E-state index in [2.05, 4.69) is 30.9 Å². The van der Waals surface area contributed by atoms with Crippen LogP contribution in [0.3, 0.4) is 0 Å². The van der Waals surface area contributed by atoms with E-state index in [0.717, 1.165) is 27.6 Å². The van der Waals surface area contributed by atoms with Gasteiger partial charge in [0.05, 0.1) is 23.3 Å². The number of nitrogens with zero attached hydrogens (tertiary/aromatic N) is 5. The number of aromatic nitrogens is 5. The molecule has 6 aromatic rings. The van der Waals surface area contributed by atoms with Crippen molar-refractivity contribution in [1.82, 2.24) is 24.7 Å². The molecule has 0 aliphatic heterocycles. The molecule has 3 aromatic heterocycles. The van der Waals surface area contributed by atoms with E-state index in [9.17, 15) is 9.18 Å². The summed E-state index contributed by atoms with van der Waals surface area (Å²) in [7, 11) is 0. The van der Waals surface area contributed by atoms with Crippen LogP contribution in [0.25, 0.3) is 16.5 Å². The Morgan fingerprint density at radius 2 is 1.70 bits per heavy atom. The van der Waals surface area contributed by atoms with E-state index >= 15 is 0 Å². The van der Waals surface area contributed by atoms with Crippen LogP contribution in [0.1, 0.15) is 37.6 Å². The highest BCUT2D eigenvalue weighted by molar-refractivity contribution is 6.07. The lowest BCUT2D eigenvalue weighted by molar-refractivity contribution is 0.262. The number of hydrogen-bond donors (Lipinski definition) is 3. The van der Waals surface area contributed by atoms with Gasteiger partial charge in [-0.05, 0) is 60.5 Å². The molecule has 232 valence electrons. The number of carbonyl (C=O) groups is 1. The third-order valence-corrected chi connectivity index (χ3v) is 7.16. The van der Waals surface area contributed by atoms with Crippen molar-refractivity contribution in [2.75, 3.05) is 16.0 Å². The van der Waals surface area contributed by atoms with E-state index in [0.29, 0.717) is 41.2 Å². The van der Waals surface area contributed by atoms with Crippen molar-refractivity contribution >= 4 is 39.9 Å². The second-order valence-corrected chi connectivity index (χ2v) is 11.9. The van der Waals surface area contributed by atoms with Crippen LogP contribution in [0.2, 0.25) is 0 Å². The number of rotatable bonds is 8. The average molecular weight is 617 g/mol. The number of amides is 2. The highest BCUT2D eigenvalue weighted by Gasteiger charge is 2.22. The minimum absolute atomic E-state index is 0.294. The number of urea groups is 1. The van der Waals surface area contributed by atoms with Crippen LogP contribution in [-0.4, -0.2) is 30.8 Å². The van der Waals surface area contributed by atoms with E-state index < -0.39 is 6.03 Å². The molecule has 0 aliphatic carbocycles.